The summed E-state index contributed by atoms with van der Waals surface area (Å²) < 4.78 is 1.25. The maximum Gasteiger partial charge on any atom is 0.222 e. The molecule has 0 saturated carbocycles. The number of rotatable bonds is 2. The molecule has 0 bridgehead atoms. The number of fused-ring (bicyclic) bond motifs is 3. The Hall–Kier alpha value is -1.40. The normalized spacial score (nSPS) is 19.5. The number of nitrogens with two attached hydrogens (primary N) is 1. The summed E-state index contributed by atoms with van der Waals surface area (Å²) in [5.74, 6) is 1.49. The standard InChI is InChI=1S/C17H25N5S/c1-11(2)21-7-9-22(10-8-21)16-15-14(19-17(18)20-16)12-5-3-4-6-13(12)23-15/h11H,3-10H2,1-2H3,(H2,18,19,20). The van der Waals surface area contributed by atoms with Gasteiger partial charge in [0.15, 0.2) is 5.82 Å². The van der Waals surface area contributed by atoms with Gasteiger partial charge >= 0.3 is 0 Å². The van der Waals surface area contributed by atoms with Crippen molar-refractivity contribution >= 4 is 33.3 Å². The lowest BCUT2D eigenvalue weighted by Crippen LogP contribution is -2.49. The van der Waals surface area contributed by atoms with Crippen molar-refractivity contribution in [1.29, 1.82) is 0 Å². The fraction of sp³-hybridized carbons (Fsp3) is 0.647. The van der Waals surface area contributed by atoms with E-state index >= 15 is 0 Å². The zero-order chi connectivity index (χ0) is 16.0. The number of piperazine rings is 1. The molecule has 0 aromatic carbocycles. The molecule has 1 aliphatic heterocycles. The molecule has 3 heterocycles. The predicted molar refractivity (Wildman–Crippen MR) is 97.4 cm³/mol. The minimum absolute atomic E-state index is 0.421. The lowest BCUT2D eigenvalue weighted by Gasteiger charge is -2.37. The van der Waals surface area contributed by atoms with Gasteiger partial charge < -0.3 is 10.6 Å². The SMILES string of the molecule is CC(C)N1CCN(c2nc(N)nc3c4c(sc23)CCCC4)CC1. The van der Waals surface area contributed by atoms with E-state index in [9.17, 15) is 0 Å². The number of aryl methyl sites for hydroxylation is 2. The third-order valence-electron chi connectivity index (χ3n) is 5.14. The Morgan fingerprint density at radius 1 is 1.04 bits per heavy atom. The molecule has 2 aliphatic rings. The lowest BCUT2D eigenvalue weighted by molar-refractivity contribution is 0.209. The minimum Gasteiger partial charge on any atom is -0.368 e. The van der Waals surface area contributed by atoms with Crippen LogP contribution in [0.1, 0.15) is 37.1 Å². The fourth-order valence-corrected chi connectivity index (χ4v) is 5.13. The summed E-state index contributed by atoms with van der Waals surface area (Å²) in [5, 5.41) is 0. The molecule has 0 spiro atoms. The summed E-state index contributed by atoms with van der Waals surface area (Å²) in [5.41, 5.74) is 8.61. The summed E-state index contributed by atoms with van der Waals surface area (Å²) >= 11 is 1.90. The van der Waals surface area contributed by atoms with E-state index in [0.29, 0.717) is 12.0 Å². The second-order valence-corrected chi connectivity index (χ2v) is 8.02. The highest BCUT2D eigenvalue weighted by Gasteiger charge is 2.25. The van der Waals surface area contributed by atoms with Crippen molar-refractivity contribution in [1.82, 2.24) is 14.9 Å². The first-order valence-corrected chi connectivity index (χ1v) is 9.52. The Morgan fingerprint density at radius 3 is 2.52 bits per heavy atom. The van der Waals surface area contributed by atoms with Gasteiger partial charge in [-0.3, -0.25) is 4.90 Å². The third kappa shape index (κ3) is 2.68. The molecule has 6 heteroatoms. The topological polar surface area (TPSA) is 58.3 Å². The smallest absolute Gasteiger partial charge is 0.222 e. The monoisotopic (exact) mass is 331 g/mol. The molecule has 4 rings (SSSR count). The summed E-state index contributed by atoms with van der Waals surface area (Å²) in [4.78, 5) is 15.6. The highest BCUT2D eigenvalue weighted by atomic mass is 32.1. The van der Waals surface area contributed by atoms with E-state index in [1.807, 2.05) is 11.3 Å². The second-order valence-electron chi connectivity index (χ2n) is 6.91. The number of thiophene rings is 1. The van der Waals surface area contributed by atoms with Crippen molar-refractivity contribution < 1.29 is 0 Å². The highest BCUT2D eigenvalue weighted by molar-refractivity contribution is 7.19. The number of nitrogens with zero attached hydrogens (tertiary/aromatic N) is 4. The molecule has 0 amide bonds. The maximum absolute atomic E-state index is 6.04. The van der Waals surface area contributed by atoms with Crippen molar-refractivity contribution in [2.24, 2.45) is 0 Å². The molecule has 1 fully saturated rings. The van der Waals surface area contributed by atoms with E-state index < -0.39 is 0 Å². The van der Waals surface area contributed by atoms with Crippen LogP contribution < -0.4 is 10.6 Å². The summed E-state index contributed by atoms with van der Waals surface area (Å²) in [6, 6.07) is 0.613. The van der Waals surface area contributed by atoms with Crippen molar-refractivity contribution in [2.75, 3.05) is 36.8 Å². The molecule has 0 radical (unpaired) electrons. The van der Waals surface area contributed by atoms with Crippen molar-refractivity contribution in [3.63, 3.8) is 0 Å². The Morgan fingerprint density at radius 2 is 1.78 bits per heavy atom. The van der Waals surface area contributed by atoms with Gasteiger partial charge in [-0.1, -0.05) is 0 Å². The van der Waals surface area contributed by atoms with E-state index in [1.54, 1.807) is 0 Å². The number of hydrogen-bond donors (Lipinski definition) is 1. The first-order chi connectivity index (χ1) is 11.1. The van der Waals surface area contributed by atoms with E-state index in [-0.39, 0.29) is 0 Å². The number of aromatic nitrogens is 2. The number of hydrogen-bond acceptors (Lipinski definition) is 6. The summed E-state index contributed by atoms with van der Waals surface area (Å²) in [7, 11) is 0. The van der Waals surface area contributed by atoms with E-state index in [1.165, 1.54) is 34.4 Å². The van der Waals surface area contributed by atoms with Crippen LogP contribution in [0.3, 0.4) is 0 Å². The fourth-order valence-electron chi connectivity index (χ4n) is 3.78. The van der Waals surface area contributed by atoms with Gasteiger partial charge in [-0.25, -0.2) is 4.98 Å². The van der Waals surface area contributed by atoms with Gasteiger partial charge in [0, 0.05) is 37.1 Å². The van der Waals surface area contributed by atoms with Crippen molar-refractivity contribution in [2.45, 2.75) is 45.6 Å². The van der Waals surface area contributed by atoms with Crippen LogP contribution in [0, 0.1) is 0 Å². The van der Waals surface area contributed by atoms with Gasteiger partial charge in [0.1, 0.15) is 0 Å². The Labute approximate surface area is 141 Å². The first-order valence-electron chi connectivity index (χ1n) is 8.70. The molecule has 23 heavy (non-hydrogen) atoms. The molecule has 0 atom stereocenters. The van der Waals surface area contributed by atoms with Gasteiger partial charge in [0.25, 0.3) is 0 Å². The van der Waals surface area contributed by atoms with Crippen LogP contribution in [0.5, 0.6) is 0 Å². The maximum atomic E-state index is 6.04. The molecule has 5 nitrogen and oxygen atoms in total. The van der Waals surface area contributed by atoms with Crippen LogP contribution in [-0.2, 0) is 12.8 Å². The van der Waals surface area contributed by atoms with Crippen LogP contribution in [-0.4, -0.2) is 47.1 Å². The van der Waals surface area contributed by atoms with Gasteiger partial charge in [0.2, 0.25) is 5.95 Å². The van der Waals surface area contributed by atoms with Gasteiger partial charge in [0.05, 0.1) is 10.2 Å². The minimum atomic E-state index is 0.421. The molecule has 1 aliphatic carbocycles. The largest absolute Gasteiger partial charge is 0.368 e. The van der Waals surface area contributed by atoms with Gasteiger partial charge in [-0.15, -0.1) is 11.3 Å². The molecule has 2 N–H and O–H groups in total. The van der Waals surface area contributed by atoms with Crippen LogP contribution in [0.15, 0.2) is 0 Å². The van der Waals surface area contributed by atoms with Gasteiger partial charge in [-0.05, 0) is 45.1 Å². The summed E-state index contributed by atoms with van der Waals surface area (Å²) in [6.07, 6.45) is 4.90. The average molecular weight is 331 g/mol. The molecule has 2 aromatic rings. The molecule has 0 unspecified atom stereocenters. The van der Waals surface area contributed by atoms with Gasteiger partial charge in [-0.2, -0.15) is 4.98 Å². The molecule has 1 saturated heterocycles. The zero-order valence-corrected chi connectivity index (χ0v) is 14.8. The molecule has 124 valence electrons. The average Bonchev–Trinajstić information content (AvgIpc) is 2.93. The lowest BCUT2D eigenvalue weighted by atomic mass is 9.98. The van der Waals surface area contributed by atoms with Crippen LogP contribution in [0.25, 0.3) is 10.2 Å². The van der Waals surface area contributed by atoms with Crippen LogP contribution in [0.2, 0.25) is 0 Å². The first kappa shape index (κ1) is 15.1. The van der Waals surface area contributed by atoms with Crippen molar-refractivity contribution in [3.8, 4) is 0 Å². The van der Waals surface area contributed by atoms with Crippen molar-refractivity contribution in [3.05, 3.63) is 10.4 Å². The molecule has 2 aromatic heterocycles. The highest BCUT2D eigenvalue weighted by Crippen LogP contribution is 2.40. The summed E-state index contributed by atoms with van der Waals surface area (Å²) in [6.45, 7) is 8.76. The Kier molecular flexibility index (Phi) is 3.89. The predicted octanol–water partition coefficient (Wildman–Crippen LogP) is 2.68. The molecular formula is C17H25N5S. The Balaban J connectivity index is 1.71. The Bertz CT molecular complexity index is 715. The van der Waals surface area contributed by atoms with Crippen LogP contribution in [0.4, 0.5) is 11.8 Å². The van der Waals surface area contributed by atoms with Crippen LogP contribution >= 0.6 is 11.3 Å². The zero-order valence-electron chi connectivity index (χ0n) is 14.0. The second kappa shape index (κ2) is 5.91. The quantitative estimate of drug-likeness (QED) is 0.917. The van der Waals surface area contributed by atoms with E-state index in [4.69, 9.17) is 5.73 Å². The number of nitrogen functional groups attached to an aromatic ring is 1. The number of anilines is 2. The third-order valence-corrected chi connectivity index (χ3v) is 6.41. The molecular weight excluding hydrogens is 306 g/mol. The van der Waals surface area contributed by atoms with E-state index in [0.717, 1.165) is 43.9 Å². The van der Waals surface area contributed by atoms with E-state index in [2.05, 4.69) is 33.6 Å².